The number of nitrogens with zero attached hydrogens (tertiary/aromatic N) is 2. The summed E-state index contributed by atoms with van der Waals surface area (Å²) in [5, 5.41) is 11.1. The van der Waals surface area contributed by atoms with Crippen LogP contribution in [-0.4, -0.2) is 22.5 Å². The summed E-state index contributed by atoms with van der Waals surface area (Å²) in [5.74, 6) is 6.27. The summed E-state index contributed by atoms with van der Waals surface area (Å²) in [6.07, 6.45) is 1.54. The van der Waals surface area contributed by atoms with E-state index in [4.69, 9.17) is 10.8 Å². The predicted molar refractivity (Wildman–Crippen MR) is 107 cm³/mol. The monoisotopic (exact) mass is 367 g/mol. The summed E-state index contributed by atoms with van der Waals surface area (Å²) in [4.78, 5) is 16.2. The Bertz CT molecular complexity index is 861. The van der Waals surface area contributed by atoms with Crippen molar-refractivity contribution >= 4 is 23.2 Å². The number of hydrogen-bond acceptors (Lipinski definition) is 6. The standard InChI is InChI=1S/C20H25N5O2/c1-3-20(4-2)19(23-16-11-7-8-12-17(16)25(20)21)24-22-13-14-9-5-6-10-15(14)18(26)27/h5-12,22H,3-4,13,21H2,1-2H3,(H,23,24)(H,26,27). The van der Waals surface area contributed by atoms with Crippen LogP contribution in [0.5, 0.6) is 0 Å². The van der Waals surface area contributed by atoms with Gasteiger partial charge in [0.25, 0.3) is 0 Å². The minimum atomic E-state index is -0.944. The highest BCUT2D eigenvalue weighted by Crippen LogP contribution is 2.39. The van der Waals surface area contributed by atoms with Crippen LogP contribution in [0.3, 0.4) is 0 Å². The van der Waals surface area contributed by atoms with Crippen molar-refractivity contribution in [3.8, 4) is 0 Å². The Morgan fingerprint density at radius 3 is 2.52 bits per heavy atom. The summed E-state index contributed by atoms with van der Waals surface area (Å²) in [7, 11) is 0. The Hall–Kier alpha value is -2.90. The lowest BCUT2D eigenvalue weighted by Crippen LogP contribution is -2.64. The zero-order chi connectivity index (χ0) is 19.4. The highest BCUT2D eigenvalue weighted by Gasteiger charge is 2.41. The minimum Gasteiger partial charge on any atom is -0.478 e. The number of amidine groups is 1. The largest absolute Gasteiger partial charge is 0.478 e. The number of nitrogens with one attached hydrogen (secondary N) is 2. The number of aromatic carboxylic acids is 1. The molecular weight excluding hydrogens is 342 g/mol. The van der Waals surface area contributed by atoms with Crippen molar-refractivity contribution in [2.75, 3.05) is 5.01 Å². The molecule has 0 atom stereocenters. The van der Waals surface area contributed by atoms with Crippen LogP contribution >= 0.6 is 0 Å². The first-order valence-corrected chi connectivity index (χ1v) is 9.06. The van der Waals surface area contributed by atoms with Gasteiger partial charge in [0.05, 0.1) is 16.9 Å². The molecule has 0 saturated carbocycles. The number of rotatable bonds is 6. The van der Waals surface area contributed by atoms with E-state index in [9.17, 15) is 9.90 Å². The van der Waals surface area contributed by atoms with Gasteiger partial charge in [-0.3, -0.25) is 5.01 Å². The molecule has 7 heteroatoms. The van der Waals surface area contributed by atoms with E-state index in [2.05, 4.69) is 24.7 Å². The SMILES string of the molecule is CCC1(CC)C(NNCc2ccccc2C(=O)O)=Nc2ccccc2N1N. The van der Waals surface area contributed by atoms with Crippen molar-refractivity contribution in [3.05, 3.63) is 59.7 Å². The van der Waals surface area contributed by atoms with E-state index in [0.717, 1.165) is 30.1 Å². The van der Waals surface area contributed by atoms with Gasteiger partial charge in [-0.05, 0) is 36.6 Å². The molecular formula is C20H25N5O2. The van der Waals surface area contributed by atoms with Crippen molar-refractivity contribution in [2.24, 2.45) is 10.8 Å². The third-order valence-corrected chi connectivity index (χ3v) is 5.18. The molecule has 2 aromatic carbocycles. The second kappa shape index (κ2) is 7.77. The maximum atomic E-state index is 11.4. The van der Waals surface area contributed by atoms with Gasteiger partial charge in [0.1, 0.15) is 11.4 Å². The second-order valence-electron chi connectivity index (χ2n) is 6.50. The first-order chi connectivity index (χ1) is 13.0. The van der Waals surface area contributed by atoms with Gasteiger partial charge >= 0.3 is 5.97 Å². The fraction of sp³-hybridized carbons (Fsp3) is 0.300. The van der Waals surface area contributed by atoms with Crippen molar-refractivity contribution < 1.29 is 9.90 Å². The first-order valence-electron chi connectivity index (χ1n) is 9.06. The van der Waals surface area contributed by atoms with Crippen molar-refractivity contribution in [1.82, 2.24) is 10.9 Å². The van der Waals surface area contributed by atoms with Gasteiger partial charge in [0.2, 0.25) is 0 Å². The molecule has 2 aromatic rings. The highest BCUT2D eigenvalue weighted by atomic mass is 16.4. The van der Waals surface area contributed by atoms with Crippen LogP contribution in [0.15, 0.2) is 53.5 Å². The molecule has 0 saturated heterocycles. The zero-order valence-corrected chi connectivity index (χ0v) is 15.6. The molecule has 0 aromatic heterocycles. The molecule has 0 unspecified atom stereocenters. The molecule has 0 spiro atoms. The molecule has 1 heterocycles. The number of hydrogen-bond donors (Lipinski definition) is 4. The summed E-state index contributed by atoms with van der Waals surface area (Å²) in [6.45, 7) is 4.50. The fourth-order valence-electron chi connectivity index (χ4n) is 3.51. The van der Waals surface area contributed by atoms with E-state index in [1.165, 1.54) is 0 Å². The fourth-order valence-corrected chi connectivity index (χ4v) is 3.51. The molecule has 5 N–H and O–H groups in total. The average Bonchev–Trinajstić information content (AvgIpc) is 2.69. The molecule has 0 fully saturated rings. The summed E-state index contributed by atoms with van der Waals surface area (Å²) >= 11 is 0. The number of benzene rings is 2. The molecule has 27 heavy (non-hydrogen) atoms. The third-order valence-electron chi connectivity index (χ3n) is 5.18. The maximum absolute atomic E-state index is 11.4. The van der Waals surface area contributed by atoms with E-state index >= 15 is 0 Å². The van der Waals surface area contributed by atoms with Crippen LogP contribution in [0.1, 0.15) is 42.6 Å². The number of aliphatic imine (C=N–C) groups is 1. The number of fused-ring (bicyclic) bond motifs is 1. The third kappa shape index (κ3) is 3.39. The van der Waals surface area contributed by atoms with Crippen LogP contribution in [0, 0.1) is 0 Å². The van der Waals surface area contributed by atoms with Gasteiger partial charge in [0, 0.05) is 6.54 Å². The molecule has 0 radical (unpaired) electrons. The van der Waals surface area contributed by atoms with Gasteiger partial charge in [-0.2, -0.15) is 0 Å². The van der Waals surface area contributed by atoms with Crippen LogP contribution in [-0.2, 0) is 6.54 Å². The number of para-hydroxylation sites is 2. The van der Waals surface area contributed by atoms with Gasteiger partial charge in [-0.1, -0.05) is 44.2 Å². The van der Waals surface area contributed by atoms with E-state index in [0.29, 0.717) is 12.1 Å². The topological polar surface area (TPSA) is 103 Å². The smallest absolute Gasteiger partial charge is 0.336 e. The molecule has 1 aliphatic heterocycles. The summed E-state index contributed by atoms with van der Waals surface area (Å²) < 4.78 is 0. The number of carboxylic acid groups (broad SMARTS) is 1. The minimum absolute atomic E-state index is 0.278. The van der Waals surface area contributed by atoms with Crippen molar-refractivity contribution in [1.29, 1.82) is 0 Å². The number of carboxylic acids is 1. The summed E-state index contributed by atoms with van der Waals surface area (Å²) in [5.41, 5.74) is 8.50. The van der Waals surface area contributed by atoms with E-state index in [1.807, 2.05) is 30.3 Å². The number of nitrogens with two attached hydrogens (primary N) is 1. The second-order valence-corrected chi connectivity index (χ2v) is 6.50. The number of hydrazine groups is 2. The lowest BCUT2D eigenvalue weighted by Gasteiger charge is -2.45. The van der Waals surface area contributed by atoms with Gasteiger partial charge < -0.3 is 10.5 Å². The molecule has 0 aliphatic carbocycles. The lowest BCUT2D eigenvalue weighted by atomic mass is 9.88. The van der Waals surface area contributed by atoms with Gasteiger partial charge in [-0.15, -0.1) is 0 Å². The van der Waals surface area contributed by atoms with Crippen LogP contribution in [0.2, 0.25) is 0 Å². The van der Waals surface area contributed by atoms with Crippen LogP contribution < -0.4 is 21.7 Å². The molecule has 0 bridgehead atoms. The number of carbonyl (C=O) groups is 1. The quantitative estimate of drug-likeness (QED) is 0.462. The highest BCUT2D eigenvalue weighted by molar-refractivity contribution is 6.00. The van der Waals surface area contributed by atoms with Gasteiger partial charge in [0.15, 0.2) is 0 Å². The molecule has 142 valence electrons. The molecule has 0 amide bonds. The Kier molecular flexibility index (Phi) is 5.43. The molecule has 1 aliphatic rings. The Labute approximate surface area is 158 Å². The predicted octanol–water partition coefficient (Wildman–Crippen LogP) is 2.96. The number of anilines is 1. The maximum Gasteiger partial charge on any atom is 0.336 e. The first kappa shape index (κ1) is 18.9. The molecule has 3 rings (SSSR count). The zero-order valence-electron chi connectivity index (χ0n) is 15.6. The normalized spacial score (nSPS) is 15.1. The Morgan fingerprint density at radius 1 is 1.15 bits per heavy atom. The average molecular weight is 367 g/mol. The molecule has 7 nitrogen and oxygen atoms in total. The van der Waals surface area contributed by atoms with Crippen molar-refractivity contribution in [3.63, 3.8) is 0 Å². The van der Waals surface area contributed by atoms with E-state index < -0.39 is 11.5 Å². The van der Waals surface area contributed by atoms with E-state index in [-0.39, 0.29) is 5.56 Å². The lowest BCUT2D eigenvalue weighted by molar-refractivity contribution is 0.0695. The van der Waals surface area contributed by atoms with Crippen molar-refractivity contribution in [2.45, 2.75) is 38.8 Å². The van der Waals surface area contributed by atoms with Crippen LogP contribution in [0.4, 0.5) is 11.4 Å². The van der Waals surface area contributed by atoms with E-state index in [1.54, 1.807) is 23.2 Å². The summed E-state index contributed by atoms with van der Waals surface area (Å²) in [6, 6.07) is 14.7. The Balaban J connectivity index is 1.84. The van der Waals surface area contributed by atoms with Gasteiger partial charge in [-0.25, -0.2) is 21.1 Å². The Morgan fingerprint density at radius 2 is 1.81 bits per heavy atom. The van der Waals surface area contributed by atoms with Crippen LogP contribution in [0.25, 0.3) is 0 Å².